The molecule has 0 unspecified atom stereocenters. The average molecular weight is 241 g/mol. The van der Waals surface area contributed by atoms with Gasteiger partial charge < -0.3 is 11.1 Å². The summed E-state index contributed by atoms with van der Waals surface area (Å²) in [7, 11) is 0. The Balaban J connectivity index is 2.44. The van der Waals surface area contributed by atoms with Gasteiger partial charge in [-0.1, -0.05) is 13.8 Å². The molecule has 0 aliphatic carbocycles. The van der Waals surface area contributed by atoms with E-state index < -0.39 is 0 Å². The van der Waals surface area contributed by atoms with Crippen molar-refractivity contribution in [2.24, 2.45) is 11.1 Å². The molecule has 0 aromatic carbocycles. The lowest BCUT2D eigenvalue weighted by molar-refractivity contribution is 0.350. The van der Waals surface area contributed by atoms with Crippen LogP contribution in [0.15, 0.2) is 0 Å². The molecule has 0 aliphatic heterocycles. The summed E-state index contributed by atoms with van der Waals surface area (Å²) >= 11 is 1.73. The highest BCUT2D eigenvalue weighted by atomic mass is 32.1. The van der Waals surface area contributed by atoms with Crippen LogP contribution in [-0.4, -0.2) is 18.1 Å². The number of rotatable bonds is 6. The van der Waals surface area contributed by atoms with E-state index in [1.165, 1.54) is 4.88 Å². The summed E-state index contributed by atoms with van der Waals surface area (Å²) in [6, 6.07) is 0. The number of hydrogen-bond donors (Lipinski definition) is 2. The third kappa shape index (κ3) is 4.10. The first-order valence-electron chi connectivity index (χ1n) is 5.82. The molecule has 1 aromatic rings. The molecule has 3 N–H and O–H groups in total. The molecule has 0 saturated carbocycles. The quantitative estimate of drug-likeness (QED) is 0.805. The van der Waals surface area contributed by atoms with Crippen LogP contribution < -0.4 is 11.1 Å². The summed E-state index contributed by atoms with van der Waals surface area (Å²) in [5.74, 6) is 0. The second-order valence-corrected chi connectivity index (χ2v) is 6.27. The Morgan fingerprint density at radius 3 is 2.56 bits per heavy atom. The highest BCUT2D eigenvalue weighted by Gasteiger charge is 2.17. The fraction of sp³-hybridized carbons (Fsp3) is 0.750. The minimum atomic E-state index is 0.285. The second-order valence-electron chi connectivity index (χ2n) is 5.07. The zero-order valence-electron chi connectivity index (χ0n) is 10.8. The first-order chi connectivity index (χ1) is 7.44. The van der Waals surface area contributed by atoms with Crippen molar-refractivity contribution in [3.05, 3.63) is 10.6 Å². The Morgan fingerprint density at radius 1 is 1.38 bits per heavy atom. The van der Waals surface area contributed by atoms with Gasteiger partial charge in [0.05, 0.1) is 5.69 Å². The van der Waals surface area contributed by atoms with E-state index in [2.05, 4.69) is 38.0 Å². The minimum Gasteiger partial charge on any atom is -0.361 e. The van der Waals surface area contributed by atoms with E-state index >= 15 is 0 Å². The van der Waals surface area contributed by atoms with E-state index in [0.717, 1.165) is 36.8 Å². The van der Waals surface area contributed by atoms with Gasteiger partial charge in [-0.05, 0) is 38.6 Å². The zero-order chi connectivity index (χ0) is 12.2. The van der Waals surface area contributed by atoms with Gasteiger partial charge in [-0.2, -0.15) is 0 Å². The predicted octanol–water partition coefficient (Wildman–Crippen LogP) is 2.94. The third-order valence-electron chi connectivity index (χ3n) is 2.80. The van der Waals surface area contributed by atoms with Crippen LogP contribution in [0.1, 0.15) is 37.3 Å². The Kier molecular flexibility index (Phi) is 4.74. The molecule has 92 valence electrons. The molecule has 0 bridgehead atoms. The summed E-state index contributed by atoms with van der Waals surface area (Å²) in [5.41, 5.74) is 6.95. The van der Waals surface area contributed by atoms with Crippen molar-refractivity contribution in [1.82, 2.24) is 4.98 Å². The Bertz CT molecular complexity index is 312. The largest absolute Gasteiger partial charge is 0.361 e. The fourth-order valence-corrected chi connectivity index (χ4v) is 2.34. The summed E-state index contributed by atoms with van der Waals surface area (Å²) in [6.45, 7) is 10.4. The first-order valence-corrected chi connectivity index (χ1v) is 6.64. The maximum atomic E-state index is 5.54. The van der Waals surface area contributed by atoms with Crippen LogP contribution in [0.25, 0.3) is 0 Å². The number of aryl methyl sites for hydroxylation is 2. The van der Waals surface area contributed by atoms with E-state index in [1.54, 1.807) is 11.3 Å². The Labute approximate surface area is 102 Å². The van der Waals surface area contributed by atoms with Gasteiger partial charge in [0, 0.05) is 11.4 Å². The normalized spacial score (nSPS) is 11.8. The number of nitrogens with one attached hydrogen (secondary N) is 1. The van der Waals surface area contributed by atoms with Gasteiger partial charge in [-0.3, -0.25) is 0 Å². The van der Waals surface area contributed by atoms with Crippen LogP contribution in [-0.2, 0) is 0 Å². The molecule has 0 fully saturated rings. The van der Waals surface area contributed by atoms with Gasteiger partial charge in [0.15, 0.2) is 5.13 Å². The summed E-state index contributed by atoms with van der Waals surface area (Å²) in [6.07, 6.45) is 2.24. The van der Waals surface area contributed by atoms with Crippen LogP contribution >= 0.6 is 11.3 Å². The number of nitrogens with two attached hydrogens (primary N) is 1. The molecule has 0 amide bonds. The minimum absolute atomic E-state index is 0.285. The van der Waals surface area contributed by atoms with Crippen molar-refractivity contribution in [1.29, 1.82) is 0 Å². The zero-order valence-corrected chi connectivity index (χ0v) is 11.6. The molecule has 1 aromatic heterocycles. The van der Waals surface area contributed by atoms with E-state index in [1.807, 2.05) is 0 Å². The second kappa shape index (κ2) is 5.64. The molecular formula is C12H23N3S. The lowest BCUT2D eigenvalue weighted by atomic mass is 9.88. The van der Waals surface area contributed by atoms with Gasteiger partial charge in [0.1, 0.15) is 0 Å². The van der Waals surface area contributed by atoms with Crippen LogP contribution in [0.5, 0.6) is 0 Å². The van der Waals surface area contributed by atoms with Crippen molar-refractivity contribution >= 4 is 16.5 Å². The average Bonchev–Trinajstić information content (AvgIpc) is 2.53. The number of anilines is 1. The molecule has 4 heteroatoms. The van der Waals surface area contributed by atoms with E-state index in [-0.39, 0.29) is 5.41 Å². The molecule has 1 heterocycles. The molecule has 0 atom stereocenters. The Hall–Kier alpha value is -0.610. The van der Waals surface area contributed by atoms with Gasteiger partial charge in [-0.15, -0.1) is 11.3 Å². The molecule has 0 spiro atoms. The van der Waals surface area contributed by atoms with Crippen LogP contribution in [0.4, 0.5) is 5.13 Å². The monoisotopic (exact) mass is 241 g/mol. The Morgan fingerprint density at radius 2 is 2.06 bits per heavy atom. The maximum absolute atomic E-state index is 5.54. The van der Waals surface area contributed by atoms with Gasteiger partial charge in [0.2, 0.25) is 0 Å². The van der Waals surface area contributed by atoms with Crippen LogP contribution in [0.2, 0.25) is 0 Å². The van der Waals surface area contributed by atoms with Crippen molar-refractivity contribution in [2.75, 3.05) is 18.4 Å². The lowest BCUT2D eigenvalue weighted by Gasteiger charge is -2.24. The van der Waals surface area contributed by atoms with Crippen molar-refractivity contribution in [3.8, 4) is 0 Å². The van der Waals surface area contributed by atoms with Gasteiger partial charge in [-0.25, -0.2) is 4.98 Å². The van der Waals surface area contributed by atoms with E-state index in [4.69, 9.17) is 5.73 Å². The molecule has 16 heavy (non-hydrogen) atoms. The van der Waals surface area contributed by atoms with Crippen molar-refractivity contribution < 1.29 is 0 Å². The number of hydrogen-bond acceptors (Lipinski definition) is 4. The first kappa shape index (κ1) is 13.5. The SMILES string of the molecule is Cc1nc(NCC(C)(C)CCCN)sc1C. The summed E-state index contributed by atoms with van der Waals surface area (Å²) < 4.78 is 0. The van der Waals surface area contributed by atoms with Gasteiger partial charge in [0.25, 0.3) is 0 Å². The summed E-state index contributed by atoms with van der Waals surface area (Å²) in [5, 5.41) is 4.46. The summed E-state index contributed by atoms with van der Waals surface area (Å²) in [4.78, 5) is 5.77. The predicted molar refractivity (Wildman–Crippen MR) is 72.1 cm³/mol. The van der Waals surface area contributed by atoms with Crippen LogP contribution in [0, 0.1) is 19.3 Å². The molecule has 0 aliphatic rings. The topological polar surface area (TPSA) is 50.9 Å². The van der Waals surface area contributed by atoms with Crippen LogP contribution in [0.3, 0.4) is 0 Å². The molecular weight excluding hydrogens is 218 g/mol. The third-order valence-corrected chi connectivity index (χ3v) is 3.83. The molecule has 3 nitrogen and oxygen atoms in total. The van der Waals surface area contributed by atoms with Crippen molar-refractivity contribution in [2.45, 2.75) is 40.5 Å². The van der Waals surface area contributed by atoms with E-state index in [0.29, 0.717) is 0 Å². The number of nitrogens with zero attached hydrogens (tertiary/aromatic N) is 1. The van der Waals surface area contributed by atoms with E-state index in [9.17, 15) is 0 Å². The molecule has 0 saturated heterocycles. The molecule has 0 radical (unpaired) electrons. The maximum Gasteiger partial charge on any atom is 0.183 e. The highest BCUT2D eigenvalue weighted by Crippen LogP contribution is 2.25. The fourth-order valence-electron chi connectivity index (χ4n) is 1.53. The number of thiazole rings is 1. The molecule has 1 rings (SSSR count). The number of aromatic nitrogens is 1. The smallest absolute Gasteiger partial charge is 0.183 e. The lowest BCUT2D eigenvalue weighted by Crippen LogP contribution is -2.24. The standard InChI is InChI=1S/C12H23N3S/c1-9-10(2)16-11(15-9)14-8-12(3,4)6-5-7-13/h5-8,13H2,1-4H3,(H,14,15). The van der Waals surface area contributed by atoms with Crippen molar-refractivity contribution in [3.63, 3.8) is 0 Å². The highest BCUT2D eigenvalue weighted by molar-refractivity contribution is 7.15. The van der Waals surface area contributed by atoms with Gasteiger partial charge >= 0.3 is 0 Å².